The van der Waals surface area contributed by atoms with Crippen LogP contribution in [0.25, 0.3) is 0 Å². The summed E-state index contributed by atoms with van der Waals surface area (Å²) in [6.07, 6.45) is 0. The molecular weight excluding hydrogens is 260 g/mol. The van der Waals surface area contributed by atoms with Crippen LogP contribution in [0.5, 0.6) is 0 Å². The number of ether oxygens (including phenoxy) is 1. The molecule has 0 aromatic heterocycles. The summed E-state index contributed by atoms with van der Waals surface area (Å²) in [4.78, 5) is 36.0. The lowest BCUT2D eigenvalue weighted by Crippen LogP contribution is -2.24. The summed E-state index contributed by atoms with van der Waals surface area (Å²) in [7, 11) is 2.80. The van der Waals surface area contributed by atoms with Gasteiger partial charge in [0, 0.05) is 19.3 Å². The molecule has 1 heterocycles. The highest BCUT2D eigenvalue weighted by atomic mass is 16.5. The third kappa shape index (κ3) is 2.36. The van der Waals surface area contributed by atoms with Crippen molar-refractivity contribution >= 4 is 23.5 Å². The first-order valence-corrected chi connectivity index (χ1v) is 6.24. The van der Waals surface area contributed by atoms with Gasteiger partial charge in [0.25, 0.3) is 11.8 Å². The molecular formula is C14H16N2O4. The molecule has 0 spiro atoms. The Morgan fingerprint density at radius 2 is 1.95 bits per heavy atom. The van der Waals surface area contributed by atoms with Gasteiger partial charge in [-0.2, -0.15) is 0 Å². The summed E-state index contributed by atoms with van der Waals surface area (Å²) < 4.78 is 4.64. The van der Waals surface area contributed by atoms with Crippen molar-refractivity contribution in [3.8, 4) is 0 Å². The second-order valence-corrected chi connectivity index (χ2v) is 4.73. The minimum atomic E-state index is -0.310. The maximum Gasteiger partial charge on any atom is 0.310 e. The molecule has 2 amide bonds. The third-order valence-electron chi connectivity index (χ3n) is 3.31. The molecule has 0 saturated heterocycles. The molecule has 0 aliphatic carbocycles. The summed E-state index contributed by atoms with van der Waals surface area (Å²) in [6, 6.07) is 4.96. The second kappa shape index (κ2) is 5.32. The number of rotatable bonds is 4. The van der Waals surface area contributed by atoms with Crippen molar-refractivity contribution in [2.75, 3.05) is 26.0 Å². The lowest BCUT2D eigenvalue weighted by Gasteiger charge is -2.11. The number of hydrogen-bond acceptors (Lipinski definition) is 5. The van der Waals surface area contributed by atoms with Crippen LogP contribution in [-0.4, -0.2) is 43.4 Å². The molecule has 6 heteroatoms. The van der Waals surface area contributed by atoms with Crippen LogP contribution in [0, 0.1) is 5.92 Å². The van der Waals surface area contributed by atoms with E-state index in [0.717, 1.165) is 4.90 Å². The van der Waals surface area contributed by atoms with Crippen molar-refractivity contribution in [3.05, 3.63) is 29.3 Å². The van der Waals surface area contributed by atoms with Crippen LogP contribution in [-0.2, 0) is 9.53 Å². The Morgan fingerprint density at radius 3 is 2.60 bits per heavy atom. The molecule has 1 aromatic rings. The van der Waals surface area contributed by atoms with Crippen LogP contribution in [0.2, 0.25) is 0 Å². The highest BCUT2D eigenvalue weighted by molar-refractivity contribution is 6.21. The minimum absolute atomic E-state index is 0.292. The van der Waals surface area contributed by atoms with Crippen LogP contribution in [0.3, 0.4) is 0 Å². The van der Waals surface area contributed by atoms with Gasteiger partial charge in [0.15, 0.2) is 0 Å². The molecule has 0 fully saturated rings. The lowest BCUT2D eigenvalue weighted by molar-refractivity contribution is -0.144. The zero-order chi connectivity index (χ0) is 14.9. The van der Waals surface area contributed by atoms with E-state index in [1.807, 2.05) is 0 Å². The molecule has 6 nitrogen and oxygen atoms in total. The first kappa shape index (κ1) is 14.0. The molecule has 0 radical (unpaired) electrons. The Balaban J connectivity index is 2.12. The largest absolute Gasteiger partial charge is 0.469 e. The highest BCUT2D eigenvalue weighted by Gasteiger charge is 2.32. The number of benzene rings is 1. The number of esters is 1. The smallest absolute Gasteiger partial charge is 0.310 e. The fourth-order valence-corrected chi connectivity index (χ4v) is 2.03. The van der Waals surface area contributed by atoms with Crippen LogP contribution < -0.4 is 5.32 Å². The quantitative estimate of drug-likeness (QED) is 0.659. The summed E-state index contributed by atoms with van der Waals surface area (Å²) in [5.74, 6) is -1.20. The van der Waals surface area contributed by atoms with Crippen molar-refractivity contribution in [1.82, 2.24) is 4.90 Å². The van der Waals surface area contributed by atoms with Gasteiger partial charge >= 0.3 is 5.97 Å². The fraction of sp³-hybridized carbons (Fsp3) is 0.357. The average molecular weight is 276 g/mol. The SMILES string of the molecule is COC(=O)C(C)CNc1ccc2c(c1)C(=O)N(C)C2=O. The van der Waals surface area contributed by atoms with Gasteiger partial charge in [-0.05, 0) is 18.2 Å². The Hall–Kier alpha value is -2.37. The molecule has 1 aliphatic heterocycles. The van der Waals surface area contributed by atoms with Gasteiger partial charge in [-0.1, -0.05) is 6.92 Å². The molecule has 20 heavy (non-hydrogen) atoms. The van der Waals surface area contributed by atoms with Crippen molar-refractivity contribution in [1.29, 1.82) is 0 Å². The first-order valence-electron chi connectivity index (χ1n) is 6.24. The molecule has 1 aliphatic rings. The second-order valence-electron chi connectivity index (χ2n) is 4.73. The third-order valence-corrected chi connectivity index (χ3v) is 3.31. The Labute approximate surface area is 116 Å². The van der Waals surface area contributed by atoms with E-state index in [9.17, 15) is 14.4 Å². The normalized spacial score (nSPS) is 15.1. The van der Waals surface area contributed by atoms with Gasteiger partial charge in [-0.15, -0.1) is 0 Å². The number of carbonyl (C=O) groups is 3. The number of hydrogen-bond donors (Lipinski definition) is 1. The number of methoxy groups -OCH3 is 1. The van der Waals surface area contributed by atoms with Gasteiger partial charge in [-0.3, -0.25) is 19.3 Å². The predicted octanol–water partition coefficient (Wildman–Crippen LogP) is 1.13. The van der Waals surface area contributed by atoms with Gasteiger partial charge in [0.05, 0.1) is 24.2 Å². The molecule has 1 aromatic carbocycles. The van der Waals surface area contributed by atoms with Gasteiger partial charge < -0.3 is 10.1 Å². The summed E-state index contributed by atoms with van der Waals surface area (Å²) in [5.41, 5.74) is 1.48. The van der Waals surface area contributed by atoms with E-state index in [2.05, 4.69) is 10.1 Å². The number of fused-ring (bicyclic) bond motifs is 1. The van der Waals surface area contributed by atoms with E-state index >= 15 is 0 Å². The van der Waals surface area contributed by atoms with Crippen molar-refractivity contribution < 1.29 is 19.1 Å². The lowest BCUT2D eigenvalue weighted by atomic mass is 10.1. The minimum Gasteiger partial charge on any atom is -0.469 e. The van der Waals surface area contributed by atoms with Gasteiger partial charge in [0.2, 0.25) is 0 Å². The Bertz CT molecular complexity index is 583. The molecule has 0 saturated carbocycles. The van der Waals surface area contributed by atoms with Crippen LogP contribution in [0.15, 0.2) is 18.2 Å². The first-order chi connectivity index (χ1) is 9.45. The molecule has 0 bridgehead atoms. The van der Waals surface area contributed by atoms with E-state index in [1.165, 1.54) is 14.2 Å². The molecule has 106 valence electrons. The zero-order valence-corrected chi connectivity index (χ0v) is 11.6. The monoisotopic (exact) mass is 276 g/mol. The highest BCUT2D eigenvalue weighted by Crippen LogP contribution is 2.24. The Morgan fingerprint density at radius 1 is 1.30 bits per heavy atom. The van der Waals surface area contributed by atoms with Gasteiger partial charge in [-0.25, -0.2) is 0 Å². The van der Waals surface area contributed by atoms with E-state index in [-0.39, 0.29) is 23.7 Å². The van der Waals surface area contributed by atoms with E-state index in [0.29, 0.717) is 23.4 Å². The van der Waals surface area contributed by atoms with E-state index < -0.39 is 0 Å². The number of nitrogens with one attached hydrogen (secondary N) is 1. The maximum absolute atomic E-state index is 11.9. The standard InChI is InChI=1S/C14H16N2O4/c1-8(14(19)20-3)7-15-9-4-5-10-11(6-9)13(18)16(2)12(10)17/h4-6,8,15H,7H2,1-3H3. The summed E-state index contributed by atoms with van der Waals surface area (Å²) in [5, 5.41) is 3.06. The molecule has 1 N–H and O–H groups in total. The number of nitrogens with zero attached hydrogens (tertiary/aromatic N) is 1. The van der Waals surface area contributed by atoms with Crippen molar-refractivity contribution in [3.63, 3.8) is 0 Å². The molecule has 2 rings (SSSR count). The molecule has 1 atom stereocenters. The summed E-state index contributed by atoms with van der Waals surface area (Å²) >= 11 is 0. The van der Waals surface area contributed by atoms with E-state index in [1.54, 1.807) is 25.1 Å². The van der Waals surface area contributed by atoms with Crippen LogP contribution >= 0.6 is 0 Å². The van der Waals surface area contributed by atoms with Crippen LogP contribution in [0.1, 0.15) is 27.6 Å². The number of anilines is 1. The fourth-order valence-electron chi connectivity index (χ4n) is 2.03. The average Bonchev–Trinajstić information content (AvgIpc) is 2.68. The van der Waals surface area contributed by atoms with Crippen molar-refractivity contribution in [2.45, 2.75) is 6.92 Å². The van der Waals surface area contributed by atoms with Crippen LogP contribution in [0.4, 0.5) is 5.69 Å². The number of imide groups is 1. The Kier molecular flexibility index (Phi) is 3.74. The number of carbonyl (C=O) groups excluding carboxylic acids is 3. The van der Waals surface area contributed by atoms with E-state index in [4.69, 9.17) is 0 Å². The zero-order valence-electron chi connectivity index (χ0n) is 11.6. The van der Waals surface area contributed by atoms with Crippen molar-refractivity contribution in [2.24, 2.45) is 5.92 Å². The number of amides is 2. The maximum atomic E-state index is 11.9. The van der Waals surface area contributed by atoms with Gasteiger partial charge in [0.1, 0.15) is 0 Å². The topological polar surface area (TPSA) is 75.7 Å². The summed E-state index contributed by atoms with van der Waals surface area (Å²) in [6.45, 7) is 2.14. The molecule has 1 unspecified atom stereocenters. The predicted molar refractivity (Wildman–Crippen MR) is 72.5 cm³/mol.